The van der Waals surface area contributed by atoms with Crippen molar-refractivity contribution in [2.45, 2.75) is 62.8 Å². The van der Waals surface area contributed by atoms with Crippen molar-refractivity contribution in [1.82, 2.24) is 20.0 Å². The van der Waals surface area contributed by atoms with Crippen LogP contribution in [0, 0.1) is 0 Å². The third-order valence-corrected chi connectivity index (χ3v) is 8.88. The minimum atomic E-state index is -3.86. The first-order valence-electron chi connectivity index (χ1n) is 13.9. The van der Waals surface area contributed by atoms with Gasteiger partial charge in [0.05, 0.1) is 23.0 Å². The number of aromatic nitrogens is 2. The fourth-order valence-electron chi connectivity index (χ4n) is 5.92. The molecule has 1 fully saturated rings. The van der Waals surface area contributed by atoms with E-state index in [1.807, 2.05) is 38.1 Å². The van der Waals surface area contributed by atoms with Crippen molar-refractivity contribution in [3.8, 4) is 0 Å². The normalized spacial score (nSPS) is 20.6. The standard InChI is InChI=1S/C30H33FN6O5S/c1-3-5-17(4-2)18-7-11-25-23(13-18)28(29(32)39)35-37(25)16-27(38)36-15-20(31)14-26(36)30(40)34-24-10-6-19-12-21(43(33,41)42)8-9-22(19)24/h3-5,7-9,11-13,20,24,26H,6,10,14-16H2,1-2H3,(H2,32,39)(H,34,40)(H2,33,41,42)/b5-3-,17-4+. The van der Waals surface area contributed by atoms with Crippen molar-refractivity contribution in [2.24, 2.45) is 10.9 Å². The van der Waals surface area contributed by atoms with Gasteiger partial charge in [-0.3, -0.25) is 19.1 Å². The van der Waals surface area contributed by atoms with Gasteiger partial charge in [0.2, 0.25) is 21.8 Å². The molecule has 5 N–H and O–H groups in total. The molecule has 2 aromatic carbocycles. The van der Waals surface area contributed by atoms with E-state index in [2.05, 4.69) is 10.4 Å². The van der Waals surface area contributed by atoms with Gasteiger partial charge in [-0.05, 0) is 73.2 Å². The first-order chi connectivity index (χ1) is 20.4. The van der Waals surface area contributed by atoms with E-state index in [9.17, 15) is 27.2 Å². The van der Waals surface area contributed by atoms with Crippen molar-refractivity contribution in [3.63, 3.8) is 0 Å². The Labute approximate surface area is 248 Å². The summed E-state index contributed by atoms with van der Waals surface area (Å²) in [5.41, 5.74) is 9.39. The zero-order chi connectivity index (χ0) is 31.1. The molecule has 226 valence electrons. The van der Waals surface area contributed by atoms with Crippen molar-refractivity contribution in [3.05, 3.63) is 77.0 Å². The second-order valence-electron chi connectivity index (χ2n) is 10.7. The molecular weight excluding hydrogens is 575 g/mol. The van der Waals surface area contributed by atoms with Gasteiger partial charge in [0.1, 0.15) is 18.8 Å². The predicted octanol–water partition coefficient (Wildman–Crippen LogP) is 2.50. The van der Waals surface area contributed by atoms with Crippen LogP contribution in [-0.4, -0.2) is 59.6 Å². The number of hydrogen-bond donors (Lipinski definition) is 3. The SMILES string of the molecule is C/C=C\C(=C/C)c1ccc2c(c1)c(C(N)=O)nn2CC(=O)N1CC(F)CC1C(=O)NC1CCc2cc(S(N)(=O)=O)ccc21. The Morgan fingerprint density at radius 1 is 1.16 bits per heavy atom. The Morgan fingerprint density at radius 3 is 2.60 bits per heavy atom. The average Bonchev–Trinajstić information content (AvgIpc) is 3.66. The van der Waals surface area contributed by atoms with Gasteiger partial charge < -0.3 is 16.0 Å². The number of aryl methyl sites for hydroxylation is 1. The van der Waals surface area contributed by atoms with Crippen LogP contribution >= 0.6 is 0 Å². The zero-order valence-corrected chi connectivity index (χ0v) is 24.6. The quantitative estimate of drug-likeness (QED) is 0.332. The molecule has 1 aliphatic heterocycles. The maximum atomic E-state index is 14.6. The van der Waals surface area contributed by atoms with Crippen LogP contribution in [0.25, 0.3) is 16.5 Å². The Hall–Kier alpha value is -4.36. The zero-order valence-electron chi connectivity index (χ0n) is 23.8. The summed E-state index contributed by atoms with van der Waals surface area (Å²) in [6, 6.07) is 8.42. The number of nitrogens with zero attached hydrogens (tertiary/aromatic N) is 3. The second kappa shape index (κ2) is 11.7. The summed E-state index contributed by atoms with van der Waals surface area (Å²) in [5.74, 6) is -1.79. The molecule has 3 unspecified atom stereocenters. The second-order valence-corrected chi connectivity index (χ2v) is 12.3. The number of primary amides is 1. The number of nitrogens with one attached hydrogen (secondary N) is 1. The number of likely N-dealkylation sites (tertiary alicyclic amines) is 1. The van der Waals surface area contributed by atoms with Crippen LogP contribution in [0.15, 0.2) is 59.5 Å². The lowest BCUT2D eigenvalue weighted by atomic mass is 10.0. The summed E-state index contributed by atoms with van der Waals surface area (Å²) in [6.07, 6.45) is 5.25. The molecule has 3 amide bonds. The number of rotatable bonds is 8. The molecule has 13 heteroatoms. The summed E-state index contributed by atoms with van der Waals surface area (Å²) in [6.45, 7) is 3.21. The van der Waals surface area contributed by atoms with Crippen molar-refractivity contribution in [1.29, 1.82) is 0 Å². The van der Waals surface area contributed by atoms with Crippen LogP contribution in [0.4, 0.5) is 4.39 Å². The fraction of sp³-hybridized carbons (Fsp3) is 0.333. The molecule has 1 aliphatic carbocycles. The third kappa shape index (κ3) is 5.95. The number of halogens is 1. The van der Waals surface area contributed by atoms with E-state index in [0.29, 0.717) is 23.7 Å². The number of fused-ring (bicyclic) bond motifs is 2. The van der Waals surface area contributed by atoms with Crippen LogP contribution in [0.3, 0.4) is 0 Å². The van der Waals surface area contributed by atoms with E-state index < -0.39 is 46.0 Å². The van der Waals surface area contributed by atoms with Gasteiger partial charge in [-0.25, -0.2) is 17.9 Å². The van der Waals surface area contributed by atoms with Crippen molar-refractivity contribution in [2.75, 3.05) is 6.54 Å². The van der Waals surface area contributed by atoms with Crippen molar-refractivity contribution < 1.29 is 27.2 Å². The average molecular weight is 609 g/mol. The lowest BCUT2D eigenvalue weighted by Gasteiger charge is -2.25. The molecular formula is C30H33FN6O5S. The van der Waals surface area contributed by atoms with Crippen LogP contribution in [-0.2, 0) is 32.6 Å². The maximum absolute atomic E-state index is 14.6. The number of amides is 3. The van der Waals surface area contributed by atoms with Gasteiger partial charge in [-0.15, -0.1) is 0 Å². The van der Waals surface area contributed by atoms with Gasteiger partial charge in [0, 0.05) is 11.8 Å². The smallest absolute Gasteiger partial charge is 0.269 e. The summed E-state index contributed by atoms with van der Waals surface area (Å²) in [7, 11) is -3.86. The lowest BCUT2D eigenvalue weighted by molar-refractivity contribution is -0.139. The summed E-state index contributed by atoms with van der Waals surface area (Å²) in [4.78, 5) is 40.3. The number of allylic oxidation sites excluding steroid dienone is 4. The van der Waals surface area contributed by atoms with Gasteiger partial charge in [-0.2, -0.15) is 5.10 Å². The molecule has 3 atom stereocenters. The molecule has 0 saturated carbocycles. The number of primary sulfonamides is 1. The number of carbonyl (C=O) groups is 3. The van der Waals surface area contributed by atoms with Crippen LogP contribution in [0.2, 0.25) is 0 Å². The first-order valence-corrected chi connectivity index (χ1v) is 15.4. The van der Waals surface area contributed by atoms with E-state index in [4.69, 9.17) is 10.9 Å². The molecule has 2 heterocycles. The molecule has 3 aromatic rings. The third-order valence-electron chi connectivity index (χ3n) is 7.97. The van der Waals surface area contributed by atoms with E-state index in [-0.39, 0.29) is 30.1 Å². The number of nitrogens with two attached hydrogens (primary N) is 2. The molecule has 1 saturated heterocycles. The summed E-state index contributed by atoms with van der Waals surface area (Å²) >= 11 is 0. The lowest BCUT2D eigenvalue weighted by Crippen LogP contribution is -2.47. The number of hydrogen-bond acceptors (Lipinski definition) is 6. The van der Waals surface area contributed by atoms with Gasteiger partial charge in [0.15, 0.2) is 5.69 Å². The van der Waals surface area contributed by atoms with Crippen LogP contribution < -0.4 is 16.2 Å². The topological polar surface area (TPSA) is 170 Å². The van der Waals surface area contributed by atoms with E-state index in [0.717, 1.165) is 22.3 Å². The Morgan fingerprint density at radius 2 is 1.93 bits per heavy atom. The van der Waals surface area contributed by atoms with E-state index in [1.165, 1.54) is 21.7 Å². The minimum absolute atomic E-state index is 0.00477. The maximum Gasteiger partial charge on any atom is 0.269 e. The highest BCUT2D eigenvalue weighted by molar-refractivity contribution is 7.89. The molecule has 0 spiro atoms. The Kier molecular flexibility index (Phi) is 8.21. The van der Waals surface area contributed by atoms with Crippen LogP contribution in [0.1, 0.15) is 59.9 Å². The molecule has 11 nitrogen and oxygen atoms in total. The molecule has 0 bridgehead atoms. The number of sulfonamides is 1. The largest absolute Gasteiger partial charge is 0.364 e. The van der Waals surface area contributed by atoms with Gasteiger partial charge in [0.25, 0.3) is 5.91 Å². The van der Waals surface area contributed by atoms with Gasteiger partial charge in [-0.1, -0.05) is 30.4 Å². The van der Waals surface area contributed by atoms with Crippen LogP contribution in [0.5, 0.6) is 0 Å². The minimum Gasteiger partial charge on any atom is -0.364 e. The number of benzene rings is 2. The highest BCUT2D eigenvalue weighted by Crippen LogP contribution is 2.33. The van der Waals surface area contributed by atoms with E-state index >= 15 is 0 Å². The summed E-state index contributed by atoms with van der Waals surface area (Å²) < 4.78 is 39.4. The Balaban J connectivity index is 1.36. The number of alkyl halides is 1. The molecule has 2 aliphatic rings. The molecule has 5 rings (SSSR count). The molecule has 1 aromatic heterocycles. The molecule has 0 radical (unpaired) electrons. The Bertz CT molecular complexity index is 1800. The first kappa shape index (κ1) is 30.1. The molecule has 43 heavy (non-hydrogen) atoms. The van der Waals surface area contributed by atoms with E-state index in [1.54, 1.807) is 18.2 Å². The van der Waals surface area contributed by atoms with Crippen molar-refractivity contribution >= 4 is 44.2 Å². The fourth-order valence-corrected chi connectivity index (χ4v) is 6.48. The monoisotopic (exact) mass is 608 g/mol. The number of carbonyl (C=O) groups excluding carboxylic acids is 3. The predicted molar refractivity (Wildman–Crippen MR) is 159 cm³/mol. The van der Waals surface area contributed by atoms with Gasteiger partial charge >= 0.3 is 0 Å². The highest BCUT2D eigenvalue weighted by Gasteiger charge is 2.41. The highest BCUT2D eigenvalue weighted by atomic mass is 32.2. The summed E-state index contributed by atoms with van der Waals surface area (Å²) in [5, 5.41) is 12.9.